The molecule has 0 unspecified atom stereocenters. The van der Waals surface area contributed by atoms with Crippen molar-refractivity contribution >= 4 is 17.8 Å². The number of methoxy groups -OCH3 is 1. The van der Waals surface area contributed by atoms with Crippen LogP contribution >= 0.6 is 0 Å². The maximum absolute atomic E-state index is 11.5. The zero-order chi connectivity index (χ0) is 16.4. The molecule has 0 atom stereocenters. The lowest BCUT2D eigenvalue weighted by Crippen LogP contribution is -2.43. The summed E-state index contributed by atoms with van der Waals surface area (Å²) in [4.78, 5) is 33.1. The second-order valence-corrected chi connectivity index (χ2v) is 4.28. The van der Waals surface area contributed by atoms with Gasteiger partial charge in [0.2, 0.25) is 5.91 Å². The number of rotatable bonds is 8. The zero-order valence-electron chi connectivity index (χ0n) is 12.1. The van der Waals surface area contributed by atoms with E-state index in [0.29, 0.717) is 11.5 Å². The quantitative estimate of drug-likeness (QED) is 0.602. The monoisotopic (exact) mass is 310 g/mol. The minimum atomic E-state index is -0.970. The number of aliphatic carboxylic acids is 1. The standard InChI is InChI=1S/C14H18N2O6/c1-21-10-5-2-3-6-11(10)22-9-13(18)16-15-12(17)7-4-8-14(19)20/h2-3,5-6H,4,7-9H2,1H3,(H,15,17)(H,16,18)(H,19,20). The van der Waals surface area contributed by atoms with Gasteiger partial charge in [-0.15, -0.1) is 0 Å². The van der Waals surface area contributed by atoms with Crippen LogP contribution in [0.3, 0.4) is 0 Å². The summed E-state index contributed by atoms with van der Waals surface area (Å²) in [6, 6.07) is 6.84. The van der Waals surface area contributed by atoms with Crippen molar-refractivity contribution in [3.63, 3.8) is 0 Å². The molecule has 22 heavy (non-hydrogen) atoms. The SMILES string of the molecule is COc1ccccc1OCC(=O)NNC(=O)CCCC(=O)O. The molecule has 0 saturated carbocycles. The molecule has 0 radical (unpaired) electrons. The van der Waals surface area contributed by atoms with Gasteiger partial charge in [-0.05, 0) is 18.6 Å². The van der Waals surface area contributed by atoms with Crippen LogP contribution in [0.4, 0.5) is 0 Å². The lowest BCUT2D eigenvalue weighted by molar-refractivity contribution is -0.137. The van der Waals surface area contributed by atoms with Crippen molar-refractivity contribution in [2.45, 2.75) is 19.3 Å². The molecule has 0 fully saturated rings. The molecule has 0 heterocycles. The van der Waals surface area contributed by atoms with Crippen molar-refractivity contribution in [1.82, 2.24) is 10.9 Å². The van der Waals surface area contributed by atoms with E-state index in [0.717, 1.165) is 0 Å². The Kier molecular flexibility index (Phi) is 7.24. The number of para-hydroxylation sites is 2. The van der Waals surface area contributed by atoms with Gasteiger partial charge in [0.25, 0.3) is 5.91 Å². The van der Waals surface area contributed by atoms with Crippen molar-refractivity contribution < 1.29 is 29.0 Å². The lowest BCUT2D eigenvalue weighted by Gasteiger charge is -2.11. The molecule has 2 amide bonds. The molecule has 1 aromatic carbocycles. The highest BCUT2D eigenvalue weighted by Gasteiger charge is 2.08. The van der Waals surface area contributed by atoms with E-state index in [1.807, 2.05) is 0 Å². The van der Waals surface area contributed by atoms with E-state index < -0.39 is 17.8 Å². The van der Waals surface area contributed by atoms with E-state index in [4.69, 9.17) is 14.6 Å². The van der Waals surface area contributed by atoms with Gasteiger partial charge in [-0.2, -0.15) is 0 Å². The molecule has 8 heteroatoms. The number of hydrazine groups is 1. The van der Waals surface area contributed by atoms with Crippen LogP contribution in [0.25, 0.3) is 0 Å². The van der Waals surface area contributed by atoms with Gasteiger partial charge in [0.05, 0.1) is 7.11 Å². The van der Waals surface area contributed by atoms with Gasteiger partial charge in [-0.3, -0.25) is 25.2 Å². The van der Waals surface area contributed by atoms with Crippen LogP contribution in [0.5, 0.6) is 11.5 Å². The molecule has 3 N–H and O–H groups in total. The van der Waals surface area contributed by atoms with Crippen molar-refractivity contribution in [1.29, 1.82) is 0 Å². The molecule has 0 saturated heterocycles. The van der Waals surface area contributed by atoms with Crippen LogP contribution in [-0.4, -0.2) is 36.6 Å². The first-order valence-corrected chi connectivity index (χ1v) is 6.58. The van der Waals surface area contributed by atoms with Crippen LogP contribution in [0.1, 0.15) is 19.3 Å². The third-order valence-electron chi connectivity index (χ3n) is 2.56. The molecular weight excluding hydrogens is 292 g/mol. The number of hydrogen-bond donors (Lipinski definition) is 3. The first kappa shape index (κ1) is 17.3. The van der Waals surface area contributed by atoms with Gasteiger partial charge >= 0.3 is 5.97 Å². The first-order chi connectivity index (χ1) is 10.5. The van der Waals surface area contributed by atoms with Crippen molar-refractivity contribution in [2.75, 3.05) is 13.7 Å². The maximum Gasteiger partial charge on any atom is 0.303 e. The second kappa shape index (κ2) is 9.22. The Morgan fingerprint density at radius 1 is 1.05 bits per heavy atom. The number of amides is 2. The topological polar surface area (TPSA) is 114 Å². The predicted molar refractivity (Wildman–Crippen MR) is 76.3 cm³/mol. The van der Waals surface area contributed by atoms with E-state index in [9.17, 15) is 14.4 Å². The summed E-state index contributed by atoms with van der Waals surface area (Å²) < 4.78 is 10.3. The summed E-state index contributed by atoms with van der Waals surface area (Å²) in [6.45, 7) is -0.296. The molecule has 1 rings (SSSR count). The van der Waals surface area contributed by atoms with E-state index in [2.05, 4.69) is 10.9 Å². The third-order valence-corrected chi connectivity index (χ3v) is 2.56. The summed E-state index contributed by atoms with van der Waals surface area (Å²) in [6.07, 6.45) is 0.118. The molecule has 120 valence electrons. The van der Waals surface area contributed by atoms with Gasteiger partial charge in [-0.25, -0.2) is 0 Å². The Morgan fingerprint density at radius 2 is 1.68 bits per heavy atom. The summed E-state index contributed by atoms with van der Waals surface area (Å²) in [5, 5.41) is 8.44. The number of benzene rings is 1. The highest BCUT2D eigenvalue weighted by atomic mass is 16.5. The molecule has 1 aromatic rings. The predicted octanol–water partition coefficient (Wildman–Crippen LogP) is 0.476. The number of carbonyl (C=O) groups excluding carboxylic acids is 2. The van der Waals surface area contributed by atoms with Crippen molar-refractivity contribution in [2.24, 2.45) is 0 Å². The lowest BCUT2D eigenvalue weighted by atomic mass is 10.2. The van der Waals surface area contributed by atoms with E-state index >= 15 is 0 Å². The Balaban J connectivity index is 2.26. The number of hydrogen-bond acceptors (Lipinski definition) is 5. The van der Waals surface area contributed by atoms with Gasteiger partial charge in [0.1, 0.15) is 0 Å². The summed E-state index contributed by atoms with van der Waals surface area (Å²) in [7, 11) is 1.49. The molecule has 0 bridgehead atoms. The van der Waals surface area contributed by atoms with Crippen LogP contribution in [0.2, 0.25) is 0 Å². The third kappa shape index (κ3) is 6.60. The fourth-order valence-corrected chi connectivity index (χ4v) is 1.52. The number of nitrogens with one attached hydrogen (secondary N) is 2. The molecule has 0 aliphatic carbocycles. The highest BCUT2D eigenvalue weighted by molar-refractivity contribution is 5.83. The minimum absolute atomic E-state index is 0.0138. The van der Waals surface area contributed by atoms with Gasteiger partial charge in [0.15, 0.2) is 18.1 Å². The maximum atomic E-state index is 11.5. The second-order valence-electron chi connectivity index (χ2n) is 4.28. The normalized spacial score (nSPS) is 9.68. The van der Waals surface area contributed by atoms with E-state index in [1.165, 1.54) is 7.11 Å². The van der Waals surface area contributed by atoms with Crippen LogP contribution in [-0.2, 0) is 14.4 Å². The Bertz CT molecular complexity index is 532. The first-order valence-electron chi connectivity index (χ1n) is 6.58. The zero-order valence-corrected chi connectivity index (χ0v) is 12.1. The van der Waals surface area contributed by atoms with E-state index in [-0.39, 0.29) is 25.9 Å². The average Bonchev–Trinajstić information content (AvgIpc) is 2.50. The van der Waals surface area contributed by atoms with Crippen molar-refractivity contribution in [3.8, 4) is 11.5 Å². The summed E-state index contributed by atoms with van der Waals surface area (Å²) >= 11 is 0. The molecule has 0 spiro atoms. The molecule has 8 nitrogen and oxygen atoms in total. The van der Waals surface area contributed by atoms with Gasteiger partial charge in [-0.1, -0.05) is 12.1 Å². The van der Waals surface area contributed by atoms with Gasteiger partial charge < -0.3 is 14.6 Å². The Labute approximate surface area is 127 Å². The van der Waals surface area contributed by atoms with Gasteiger partial charge in [0, 0.05) is 12.8 Å². The molecule has 0 aliphatic heterocycles. The number of carboxylic acids is 1. The molecular formula is C14H18N2O6. The van der Waals surface area contributed by atoms with Crippen molar-refractivity contribution in [3.05, 3.63) is 24.3 Å². The fourth-order valence-electron chi connectivity index (χ4n) is 1.52. The molecule has 0 aliphatic rings. The number of ether oxygens (including phenoxy) is 2. The van der Waals surface area contributed by atoms with Crippen LogP contribution < -0.4 is 20.3 Å². The van der Waals surface area contributed by atoms with E-state index in [1.54, 1.807) is 24.3 Å². The summed E-state index contributed by atoms with van der Waals surface area (Å²) in [5.74, 6) is -1.08. The highest BCUT2D eigenvalue weighted by Crippen LogP contribution is 2.25. The Morgan fingerprint density at radius 3 is 2.32 bits per heavy atom. The molecule has 0 aromatic heterocycles. The average molecular weight is 310 g/mol. The minimum Gasteiger partial charge on any atom is -0.493 e. The Hall–Kier alpha value is -2.77. The fraction of sp³-hybridized carbons (Fsp3) is 0.357. The van der Waals surface area contributed by atoms with Crippen LogP contribution in [0.15, 0.2) is 24.3 Å². The summed E-state index contributed by atoms with van der Waals surface area (Å²) in [5.41, 5.74) is 4.35. The smallest absolute Gasteiger partial charge is 0.303 e. The largest absolute Gasteiger partial charge is 0.493 e. The number of carboxylic acid groups (broad SMARTS) is 1. The van der Waals surface area contributed by atoms with Crippen LogP contribution in [0, 0.1) is 0 Å². The number of carbonyl (C=O) groups is 3.